The van der Waals surface area contributed by atoms with Crippen LogP contribution in [-0.4, -0.2) is 9.97 Å². The normalized spacial score (nSPS) is 10.4. The number of nitrogens with two attached hydrogens (primary N) is 1. The van der Waals surface area contributed by atoms with Crippen molar-refractivity contribution in [1.29, 1.82) is 0 Å². The van der Waals surface area contributed by atoms with Crippen LogP contribution in [0.25, 0.3) is 0 Å². The third-order valence-electron chi connectivity index (χ3n) is 2.17. The topological polar surface area (TPSA) is 63.8 Å². The monoisotopic (exact) mass is 298 g/mol. The highest BCUT2D eigenvalue weighted by Gasteiger charge is 2.04. The van der Waals surface area contributed by atoms with Crippen LogP contribution in [0.2, 0.25) is 0 Å². The lowest BCUT2D eigenvalue weighted by atomic mass is 10.3. The summed E-state index contributed by atoms with van der Waals surface area (Å²) in [5.41, 5.74) is 6.58. The number of aromatic nitrogens is 2. The minimum atomic E-state index is 0.518. The van der Waals surface area contributed by atoms with Gasteiger partial charge in [-0.25, -0.2) is 9.97 Å². The molecule has 0 saturated heterocycles. The van der Waals surface area contributed by atoms with Crippen molar-refractivity contribution in [2.24, 2.45) is 0 Å². The molecule has 0 unspecified atom stereocenters. The first-order chi connectivity index (χ1) is 7.66. The Hall–Kier alpha value is -1.14. The maximum Gasteiger partial charge on any atom is 0.134 e. The van der Waals surface area contributed by atoms with E-state index in [1.54, 1.807) is 11.3 Å². The van der Waals surface area contributed by atoms with Crippen LogP contribution in [0, 0.1) is 6.92 Å². The van der Waals surface area contributed by atoms with E-state index < -0.39 is 0 Å². The molecule has 0 fully saturated rings. The van der Waals surface area contributed by atoms with E-state index in [1.807, 2.05) is 6.92 Å². The first kappa shape index (κ1) is 11.3. The van der Waals surface area contributed by atoms with Crippen molar-refractivity contribution in [3.63, 3.8) is 0 Å². The molecule has 0 radical (unpaired) electrons. The molecule has 0 aliphatic rings. The lowest BCUT2D eigenvalue weighted by Crippen LogP contribution is -2.05. The Bertz CT molecular complexity index is 497. The Morgan fingerprint density at radius 1 is 1.50 bits per heavy atom. The highest BCUT2D eigenvalue weighted by atomic mass is 79.9. The van der Waals surface area contributed by atoms with E-state index >= 15 is 0 Å². The molecule has 16 heavy (non-hydrogen) atoms. The van der Waals surface area contributed by atoms with Crippen LogP contribution in [0.4, 0.5) is 11.6 Å². The smallest absolute Gasteiger partial charge is 0.134 e. The van der Waals surface area contributed by atoms with Crippen LogP contribution in [0.1, 0.15) is 10.4 Å². The van der Waals surface area contributed by atoms with Gasteiger partial charge in [0.15, 0.2) is 0 Å². The first-order valence-electron chi connectivity index (χ1n) is 4.70. The second-order valence-electron chi connectivity index (χ2n) is 3.32. The van der Waals surface area contributed by atoms with Crippen molar-refractivity contribution in [2.75, 3.05) is 11.1 Å². The van der Waals surface area contributed by atoms with Crippen molar-refractivity contribution in [1.82, 2.24) is 9.97 Å². The van der Waals surface area contributed by atoms with Crippen molar-refractivity contribution < 1.29 is 0 Å². The average Bonchev–Trinajstić information content (AvgIpc) is 2.67. The molecule has 4 nitrogen and oxygen atoms in total. The molecular weight excluding hydrogens is 288 g/mol. The zero-order chi connectivity index (χ0) is 11.5. The summed E-state index contributed by atoms with van der Waals surface area (Å²) in [6, 6.07) is 2.08. The van der Waals surface area contributed by atoms with Crippen LogP contribution in [0.15, 0.2) is 22.2 Å². The third-order valence-corrected chi connectivity index (χ3v) is 3.87. The second kappa shape index (κ2) is 4.80. The van der Waals surface area contributed by atoms with E-state index in [1.165, 1.54) is 11.2 Å². The third kappa shape index (κ3) is 2.51. The molecule has 0 aliphatic carbocycles. The number of nitrogen functional groups attached to an aromatic ring is 1. The van der Waals surface area contributed by atoms with Crippen LogP contribution in [0.5, 0.6) is 0 Å². The predicted molar refractivity (Wildman–Crippen MR) is 70.5 cm³/mol. The molecule has 0 aliphatic heterocycles. The summed E-state index contributed by atoms with van der Waals surface area (Å²) in [5.74, 6) is 1.31. The Morgan fingerprint density at radius 3 is 3.00 bits per heavy atom. The Balaban J connectivity index is 2.07. The molecule has 2 aromatic heterocycles. The number of nitrogens with zero attached hydrogens (tertiary/aromatic N) is 2. The number of rotatable bonds is 3. The van der Waals surface area contributed by atoms with Crippen molar-refractivity contribution in [3.05, 3.63) is 32.7 Å². The van der Waals surface area contributed by atoms with E-state index in [0.29, 0.717) is 5.82 Å². The van der Waals surface area contributed by atoms with E-state index in [0.717, 1.165) is 22.4 Å². The molecule has 0 aromatic carbocycles. The average molecular weight is 299 g/mol. The molecule has 0 saturated carbocycles. The van der Waals surface area contributed by atoms with E-state index in [9.17, 15) is 0 Å². The minimum Gasteiger partial charge on any atom is -0.383 e. The van der Waals surface area contributed by atoms with Crippen LogP contribution >= 0.6 is 27.3 Å². The molecule has 2 rings (SSSR count). The van der Waals surface area contributed by atoms with Gasteiger partial charge in [-0.3, -0.25) is 0 Å². The second-order valence-corrected chi connectivity index (χ2v) is 5.23. The molecule has 0 spiro atoms. The number of hydrogen-bond acceptors (Lipinski definition) is 5. The fraction of sp³-hybridized carbons (Fsp3) is 0.200. The molecule has 0 amide bonds. The molecule has 6 heteroatoms. The zero-order valence-electron chi connectivity index (χ0n) is 8.70. The summed E-state index contributed by atoms with van der Waals surface area (Å²) in [5, 5.41) is 5.30. The Labute approximate surface area is 106 Å². The largest absolute Gasteiger partial charge is 0.383 e. The molecule has 0 bridgehead atoms. The van der Waals surface area contributed by atoms with Gasteiger partial charge in [0.2, 0.25) is 0 Å². The number of nitrogens with one attached hydrogen (secondary N) is 1. The van der Waals surface area contributed by atoms with E-state index in [4.69, 9.17) is 5.73 Å². The first-order valence-corrected chi connectivity index (χ1v) is 6.38. The SMILES string of the molecule is Cc1c(N)ncnc1NCc1cc(Br)cs1. The summed E-state index contributed by atoms with van der Waals surface area (Å²) in [4.78, 5) is 9.31. The van der Waals surface area contributed by atoms with Gasteiger partial charge in [0, 0.05) is 20.3 Å². The quantitative estimate of drug-likeness (QED) is 0.914. The minimum absolute atomic E-state index is 0.518. The van der Waals surface area contributed by atoms with Gasteiger partial charge < -0.3 is 11.1 Å². The fourth-order valence-electron chi connectivity index (χ4n) is 1.26. The van der Waals surface area contributed by atoms with Gasteiger partial charge in [-0.05, 0) is 28.9 Å². The highest BCUT2D eigenvalue weighted by molar-refractivity contribution is 9.10. The van der Waals surface area contributed by atoms with Gasteiger partial charge in [-0.15, -0.1) is 11.3 Å². The fourth-order valence-corrected chi connectivity index (χ4v) is 2.65. The van der Waals surface area contributed by atoms with Crippen LogP contribution in [0.3, 0.4) is 0 Å². The Morgan fingerprint density at radius 2 is 2.31 bits per heavy atom. The van der Waals surface area contributed by atoms with Crippen molar-refractivity contribution >= 4 is 38.9 Å². The van der Waals surface area contributed by atoms with Crippen LogP contribution in [-0.2, 0) is 6.54 Å². The molecular formula is C10H11BrN4S. The summed E-state index contributed by atoms with van der Waals surface area (Å²) >= 11 is 5.12. The summed E-state index contributed by atoms with van der Waals surface area (Å²) < 4.78 is 1.10. The zero-order valence-corrected chi connectivity index (χ0v) is 11.1. The molecule has 2 heterocycles. The Kier molecular flexibility index (Phi) is 3.40. The molecule has 84 valence electrons. The summed E-state index contributed by atoms with van der Waals surface area (Å²) in [7, 11) is 0. The number of anilines is 2. The van der Waals surface area contributed by atoms with Gasteiger partial charge >= 0.3 is 0 Å². The maximum absolute atomic E-state index is 5.70. The van der Waals surface area contributed by atoms with Gasteiger partial charge in [-0.2, -0.15) is 0 Å². The summed E-state index contributed by atoms with van der Waals surface area (Å²) in [6.45, 7) is 2.65. The number of thiophene rings is 1. The van der Waals surface area contributed by atoms with Gasteiger partial charge in [0.05, 0.1) is 6.54 Å². The summed E-state index contributed by atoms with van der Waals surface area (Å²) in [6.07, 6.45) is 1.47. The lowest BCUT2D eigenvalue weighted by Gasteiger charge is -2.07. The van der Waals surface area contributed by atoms with Gasteiger partial charge in [0.1, 0.15) is 18.0 Å². The predicted octanol–water partition coefficient (Wildman–Crippen LogP) is 2.80. The highest BCUT2D eigenvalue weighted by Crippen LogP contribution is 2.21. The van der Waals surface area contributed by atoms with Crippen molar-refractivity contribution in [2.45, 2.75) is 13.5 Å². The maximum atomic E-state index is 5.70. The number of hydrogen-bond donors (Lipinski definition) is 2. The lowest BCUT2D eigenvalue weighted by molar-refractivity contribution is 1.08. The van der Waals surface area contributed by atoms with Crippen LogP contribution < -0.4 is 11.1 Å². The number of halogens is 1. The molecule has 3 N–H and O–H groups in total. The molecule has 0 atom stereocenters. The van der Waals surface area contributed by atoms with Gasteiger partial charge in [0.25, 0.3) is 0 Å². The standard InChI is InChI=1S/C10H11BrN4S/c1-6-9(12)14-5-15-10(6)13-3-8-2-7(11)4-16-8/h2,4-5H,3H2,1H3,(H3,12,13,14,15). The van der Waals surface area contributed by atoms with Gasteiger partial charge in [-0.1, -0.05) is 0 Å². The van der Waals surface area contributed by atoms with E-state index in [-0.39, 0.29) is 0 Å². The molecule has 2 aromatic rings. The van der Waals surface area contributed by atoms with Crippen molar-refractivity contribution in [3.8, 4) is 0 Å². The van der Waals surface area contributed by atoms with E-state index in [2.05, 4.69) is 42.7 Å².